The molecule has 7 heteroatoms. The summed E-state index contributed by atoms with van der Waals surface area (Å²) in [7, 11) is 0. The zero-order valence-electron chi connectivity index (χ0n) is 13.9. The number of nitrogens with one attached hydrogen (secondary N) is 2. The molecule has 2 amide bonds. The molecule has 1 aliphatic heterocycles. The summed E-state index contributed by atoms with van der Waals surface area (Å²) < 4.78 is 0.744. The van der Waals surface area contributed by atoms with Gasteiger partial charge in [-0.05, 0) is 52.7 Å². The Morgan fingerprint density at radius 3 is 2.60 bits per heavy atom. The summed E-state index contributed by atoms with van der Waals surface area (Å²) in [5, 5.41) is 6.10. The van der Waals surface area contributed by atoms with Gasteiger partial charge < -0.3 is 15.5 Å². The number of hydrogen-bond donors (Lipinski definition) is 2. The summed E-state index contributed by atoms with van der Waals surface area (Å²) in [6.45, 7) is 4.95. The lowest BCUT2D eigenvalue weighted by Gasteiger charge is -2.27. The van der Waals surface area contributed by atoms with E-state index in [4.69, 9.17) is 0 Å². The van der Waals surface area contributed by atoms with Gasteiger partial charge in [0, 0.05) is 54.3 Å². The van der Waals surface area contributed by atoms with Gasteiger partial charge in [0.1, 0.15) is 0 Å². The lowest BCUT2D eigenvalue weighted by atomic mass is 10.1. The fourth-order valence-corrected chi connectivity index (χ4v) is 3.08. The number of rotatable bonds is 3. The van der Waals surface area contributed by atoms with Crippen molar-refractivity contribution in [3.63, 3.8) is 0 Å². The monoisotopic (exact) mass is 402 g/mol. The van der Waals surface area contributed by atoms with E-state index < -0.39 is 0 Å². The normalized spacial score (nSPS) is 14.2. The van der Waals surface area contributed by atoms with Crippen LogP contribution in [0.1, 0.15) is 26.3 Å². The van der Waals surface area contributed by atoms with Gasteiger partial charge in [-0.1, -0.05) is 0 Å². The smallest absolute Gasteiger partial charge is 0.257 e. The molecular formula is C18H19BrN4O2. The molecular weight excluding hydrogens is 384 g/mol. The predicted octanol–water partition coefficient (Wildman–Crippen LogP) is 2.45. The highest BCUT2D eigenvalue weighted by atomic mass is 79.9. The second-order valence-corrected chi connectivity index (χ2v) is 6.83. The number of carbonyl (C=O) groups excluding carboxylic acids is 2. The van der Waals surface area contributed by atoms with Crippen molar-refractivity contribution in [3.8, 4) is 0 Å². The van der Waals surface area contributed by atoms with Crippen molar-refractivity contribution in [1.82, 2.24) is 15.2 Å². The summed E-state index contributed by atoms with van der Waals surface area (Å²) in [5.74, 6) is -0.211. The number of piperazine rings is 1. The van der Waals surface area contributed by atoms with E-state index in [1.807, 2.05) is 17.9 Å². The van der Waals surface area contributed by atoms with Gasteiger partial charge in [0.05, 0.1) is 5.56 Å². The first kappa shape index (κ1) is 17.6. The molecule has 1 saturated heterocycles. The first-order chi connectivity index (χ1) is 12.0. The third-order valence-electron chi connectivity index (χ3n) is 4.09. The summed E-state index contributed by atoms with van der Waals surface area (Å²) in [6.07, 6.45) is 3.14. The number of anilines is 1. The SMILES string of the molecule is Cc1cc(C(=O)N2CCNCC2)ccc1NC(=O)c1cncc(Br)c1. The molecule has 1 fully saturated rings. The number of pyridine rings is 1. The lowest BCUT2D eigenvalue weighted by Crippen LogP contribution is -2.46. The summed E-state index contributed by atoms with van der Waals surface area (Å²) in [4.78, 5) is 30.7. The van der Waals surface area contributed by atoms with E-state index in [1.165, 1.54) is 6.20 Å². The number of aryl methyl sites for hydroxylation is 1. The number of halogens is 1. The molecule has 0 bridgehead atoms. The zero-order chi connectivity index (χ0) is 17.8. The first-order valence-corrected chi connectivity index (χ1v) is 8.86. The molecule has 1 aromatic heterocycles. The first-order valence-electron chi connectivity index (χ1n) is 8.07. The van der Waals surface area contributed by atoms with Crippen LogP contribution in [0.2, 0.25) is 0 Å². The van der Waals surface area contributed by atoms with Gasteiger partial charge in [0.25, 0.3) is 11.8 Å². The molecule has 6 nitrogen and oxygen atoms in total. The van der Waals surface area contributed by atoms with Crippen LogP contribution in [0.3, 0.4) is 0 Å². The van der Waals surface area contributed by atoms with Crippen molar-refractivity contribution in [2.24, 2.45) is 0 Å². The van der Waals surface area contributed by atoms with Crippen LogP contribution >= 0.6 is 15.9 Å². The van der Waals surface area contributed by atoms with Crippen molar-refractivity contribution < 1.29 is 9.59 Å². The van der Waals surface area contributed by atoms with Crippen LogP contribution in [-0.4, -0.2) is 47.9 Å². The number of hydrogen-bond acceptors (Lipinski definition) is 4. The van der Waals surface area contributed by atoms with Gasteiger partial charge in [-0.2, -0.15) is 0 Å². The van der Waals surface area contributed by atoms with E-state index >= 15 is 0 Å². The topological polar surface area (TPSA) is 74.3 Å². The second kappa shape index (κ2) is 7.76. The van der Waals surface area contributed by atoms with Crippen LogP contribution in [0, 0.1) is 6.92 Å². The molecule has 0 unspecified atom stereocenters. The zero-order valence-corrected chi connectivity index (χ0v) is 15.5. The van der Waals surface area contributed by atoms with E-state index in [-0.39, 0.29) is 11.8 Å². The maximum absolute atomic E-state index is 12.5. The maximum atomic E-state index is 12.5. The highest BCUT2D eigenvalue weighted by Gasteiger charge is 2.18. The molecule has 1 aromatic carbocycles. The van der Waals surface area contributed by atoms with Crippen LogP contribution < -0.4 is 10.6 Å². The molecule has 2 aromatic rings. The second-order valence-electron chi connectivity index (χ2n) is 5.92. The van der Waals surface area contributed by atoms with Crippen LogP contribution in [0.25, 0.3) is 0 Å². The van der Waals surface area contributed by atoms with E-state index in [9.17, 15) is 9.59 Å². The highest BCUT2D eigenvalue weighted by Crippen LogP contribution is 2.19. The summed E-state index contributed by atoms with van der Waals surface area (Å²) in [6, 6.07) is 7.05. The van der Waals surface area contributed by atoms with Gasteiger partial charge in [-0.25, -0.2) is 0 Å². The fraction of sp³-hybridized carbons (Fsp3) is 0.278. The maximum Gasteiger partial charge on any atom is 0.257 e. The molecule has 1 aliphatic rings. The Hall–Kier alpha value is -2.25. The highest BCUT2D eigenvalue weighted by molar-refractivity contribution is 9.10. The minimum absolute atomic E-state index is 0.0265. The van der Waals surface area contributed by atoms with Gasteiger partial charge in [-0.15, -0.1) is 0 Å². The lowest BCUT2D eigenvalue weighted by molar-refractivity contribution is 0.0735. The Morgan fingerprint density at radius 2 is 1.92 bits per heavy atom. The predicted molar refractivity (Wildman–Crippen MR) is 99.8 cm³/mol. The van der Waals surface area contributed by atoms with Crippen molar-refractivity contribution in [3.05, 3.63) is 57.8 Å². The van der Waals surface area contributed by atoms with Crippen molar-refractivity contribution in [2.75, 3.05) is 31.5 Å². The van der Waals surface area contributed by atoms with Gasteiger partial charge >= 0.3 is 0 Å². The summed E-state index contributed by atoms with van der Waals surface area (Å²) in [5.41, 5.74) is 2.63. The molecule has 2 heterocycles. The third kappa shape index (κ3) is 4.24. The molecule has 3 rings (SSSR count). The van der Waals surface area contributed by atoms with Gasteiger partial charge in [-0.3, -0.25) is 14.6 Å². The van der Waals surface area contributed by atoms with Crippen LogP contribution in [-0.2, 0) is 0 Å². The Balaban J connectivity index is 1.73. The minimum atomic E-state index is -0.238. The molecule has 130 valence electrons. The van der Waals surface area contributed by atoms with E-state index in [2.05, 4.69) is 31.5 Å². The number of aromatic nitrogens is 1. The van der Waals surface area contributed by atoms with Gasteiger partial charge in [0.15, 0.2) is 0 Å². The van der Waals surface area contributed by atoms with Crippen LogP contribution in [0.4, 0.5) is 5.69 Å². The molecule has 0 saturated carbocycles. The van der Waals surface area contributed by atoms with E-state index in [0.29, 0.717) is 29.9 Å². The standard InChI is InChI=1S/C18H19BrN4O2/c1-12-8-13(18(25)23-6-4-20-5-7-23)2-3-16(12)22-17(24)14-9-15(19)11-21-10-14/h2-3,8-11,20H,4-7H2,1H3,(H,22,24). The third-order valence-corrected chi connectivity index (χ3v) is 4.53. The Morgan fingerprint density at radius 1 is 1.16 bits per heavy atom. The average molecular weight is 403 g/mol. The Kier molecular flexibility index (Phi) is 5.45. The Labute approximate surface area is 154 Å². The summed E-state index contributed by atoms with van der Waals surface area (Å²) >= 11 is 3.30. The largest absolute Gasteiger partial charge is 0.336 e. The van der Waals surface area contributed by atoms with Crippen molar-refractivity contribution in [1.29, 1.82) is 0 Å². The Bertz CT molecular complexity index is 803. The number of amides is 2. The average Bonchev–Trinajstić information content (AvgIpc) is 2.63. The number of nitrogens with zero attached hydrogens (tertiary/aromatic N) is 2. The van der Waals surface area contributed by atoms with E-state index in [0.717, 1.165) is 23.1 Å². The molecule has 2 N–H and O–H groups in total. The fourth-order valence-electron chi connectivity index (χ4n) is 2.72. The van der Waals surface area contributed by atoms with Gasteiger partial charge in [0.2, 0.25) is 0 Å². The number of benzene rings is 1. The molecule has 0 atom stereocenters. The van der Waals surface area contributed by atoms with Crippen LogP contribution in [0.5, 0.6) is 0 Å². The van der Waals surface area contributed by atoms with Crippen LogP contribution in [0.15, 0.2) is 41.1 Å². The van der Waals surface area contributed by atoms with Crippen molar-refractivity contribution in [2.45, 2.75) is 6.92 Å². The molecule has 0 radical (unpaired) electrons. The molecule has 0 aliphatic carbocycles. The minimum Gasteiger partial charge on any atom is -0.336 e. The number of carbonyl (C=O) groups is 2. The molecule has 0 spiro atoms. The van der Waals surface area contributed by atoms with E-state index in [1.54, 1.807) is 24.4 Å². The quantitative estimate of drug-likeness (QED) is 0.826. The van der Waals surface area contributed by atoms with Crippen molar-refractivity contribution >= 4 is 33.4 Å². The molecule has 25 heavy (non-hydrogen) atoms.